The number of carbonyl (C=O) groups excluding carboxylic acids is 3. The van der Waals surface area contributed by atoms with Crippen LogP contribution in [0.2, 0.25) is 0 Å². The average Bonchev–Trinajstić information content (AvgIpc) is 3.16. The second-order valence-electron chi connectivity index (χ2n) is 11.6. The van der Waals surface area contributed by atoms with Crippen LogP contribution in [-0.4, -0.2) is 107 Å². The average molecular weight is 609 g/mol. The summed E-state index contributed by atoms with van der Waals surface area (Å²) in [4.78, 5) is 43.5. The number of nitrogens with zero attached hydrogens (tertiary/aromatic N) is 2. The standard InChI is InChI=1S/C24H44N6O8S2/c1-23(2)16-7-9-24(23,19(32)12-16)15-40(37,38)29-18(8-11-39(4,35)36)21(34)30(3)13-20(33)28-17(14-31)6-5-10-27-22(25)26/h16-18,29,31H,5-15H2,1-4H3,(H,28,33)(H4,25,26,27). The van der Waals surface area contributed by atoms with E-state index in [1.54, 1.807) is 0 Å². The van der Waals surface area contributed by atoms with Crippen LogP contribution in [0.3, 0.4) is 0 Å². The van der Waals surface area contributed by atoms with Crippen molar-refractivity contribution >= 4 is 43.4 Å². The smallest absolute Gasteiger partial charge is 0.240 e. The Morgan fingerprint density at radius 2 is 1.85 bits per heavy atom. The molecule has 0 aromatic rings. The minimum absolute atomic E-state index is 0.0728. The molecule has 0 saturated heterocycles. The van der Waals surface area contributed by atoms with E-state index < -0.39 is 72.6 Å². The van der Waals surface area contributed by atoms with E-state index in [4.69, 9.17) is 11.5 Å². The summed E-state index contributed by atoms with van der Waals surface area (Å²) in [6, 6.07) is -2.08. The van der Waals surface area contributed by atoms with E-state index >= 15 is 0 Å². The van der Waals surface area contributed by atoms with Gasteiger partial charge in [-0.15, -0.1) is 0 Å². The molecule has 2 saturated carbocycles. The van der Waals surface area contributed by atoms with Crippen LogP contribution in [0.25, 0.3) is 0 Å². The number of carbonyl (C=O) groups is 3. The molecule has 7 N–H and O–H groups in total. The number of aliphatic hydroxyl groups is 1. The van der Waals surface area contributed by atoms with E-state index in [0.29, 0.717) is 32.2 Å². The summed E-state index contributed by atoms with van der Waals surface area (Å²) in [5.74, 6) is -2.44. The Hall–Kier alpha value is -2.30. The molecule has 2 rings (SSSR count). The zero-order valence-electron chi connectivity index (χ0n) is 23.7. The maximum Gasteiger partial charge on any atom is 0.240 e. The minimum atomic E-state index is -4.20. The summed E-state index contributed by atoms with van der Waals surface area (Å²) in [6.07, 6.45) is 2.97. The molecule has 4 atom stereocenters. The first-order valence-corrected chi connectivity index (χ1v) is 17.0. The van der Waals surface area contributed by atoms with Crippen LogP contribution < -0.4 is 21.5 Å². The Kier molecular flexibility index (Phi) is 11.1. The highest BCUT2D eigenvalue weighted by Gasteiger charge is 2.65. The number of fused-ring (bicyclic) bond motifs is 2. The van der Waals surface area contributed by atoms with Crippen molar-refractivity contribution in [2.75, 3.05) is 44.5 Å². The van der Waals surface area contributed by atoms with Gasteiger partial charge in [0.1, 0.15) is 21.7 Å². The Balaban J connectivity index is 2.10. The number of guanidine groups is 1. The van der Waals surface area contributed by atoms with Crippen molar-refractivity contribution in [3.63, 3.8) is 0 Å². The summed E-state index contributed by atoms with van der Waals surface area (Å²) in [6.45, 7) is 3.27. The Bertz CT molecular complexity index is 1200. The number of Topliss-reactive ketones (excluding diaryl/α,β-unsaturated/α-hetero) is 1. The third-order valence-electron chi connectivity index (χ3n) is 8.32. The lowest BCUT2D eigenvalue weighted by atomic mass is 9.70. The normalized spacial score (nSPS) is 23.4. The van der Waals surface area contributed by atoms with Crippen molar-refractivity contribution in [3.05, 3.63) is 0 Å². The fourth-order valence-electron chi connectivity index (χ4n) is 5.84. The highest BCUT2D eigenvalue weighted by molar-refractivity contribution is 7.90. The van der Waals surface area contributed by atoms with E-state index in [2.05, 4.69) is 15.0 Å². The van der Waals surface area contributed by atoms with Crippen molar-refractivity contribution in [2.45, 2.75) is 64.5 Å². The Morgan fingerprint density at radius 1 is 1.20 bits per heavy atom. The molecule has 0 heterocycles. The first-order chi connectivity index (χ1) is 18.3. The summed E-state index contributed by atoms with van der Waals surface area (Å²) in [7, 11) is -6.46. The zero-order valence-corrected chi connectivity index (χ0v) is 25.3. The Labute approximate surface area is 236 Å². The largest absolute Gasteiger partial charge is 0.394 e. The SMILES string of the molecule is CN(CC(=O)NC(CO)CCCN=C(N)N)C(=O)C(CCS(C)(=O)=O)NS(=O)(=O)CC12CCC(CC1=O)C2(C)C. The second-order valence-corrected chi connectivity index (χ2v) is 15.6. The molecular formula is C24H44N6O8S2. The van der Waals surface area contributed by atoms with Crippen molar-refractivity contribution in [3.8, 4) is 0 Å². The van der Waals surface area contributed by atoms with Crippen LogP contribution in [-0.2, 0) is 34.2 Å². The van der Waals surface area contributed by atoms with Gasteiger partial charge in [-0.25, -0.2) is 21.6 Å². The van der Waals surface area contributed by atoms with Crippen molar-refractivity contribution < 1.29 is 36.3 Å². The van der Waals surface area contributed by atoms with Crippen LogP contribution in [0.1, 0.15) is 52.4 Å². The van der Waals surface area contributed by atoms with Crippen molar-refractivity contribution in [1.29, 1.82) is 0 Å². The van der Waals surface area contributed by atoms with Crippen LogP contribution in [0, 0.1) is 16.7 Å². The number of ketones is 1. The maximum absolute atomic E-state index is 13.3. The molecule has 2 amide bonds. The molecule has 14 nitrogen and oxygen atoms in total. The molecule has 0 aromatic heterocycles. The molecule has 0 aromatic carbocycles. The number of aliphatic hydroxyl groups excluding tert-OH is 1. The molecule has 4 unspecified atom stereocenters. The van der Waals surface area contributed by atoms with Gasteiger partial charge in [0.2, 0.25) is 21.8 Å². The first kappa shape index (κ1) is 33.9. The lowest BCUT2D eigenvalue weighted by Gasteiger charge is -2.36. The molecular weight excluding hydrogens is 564 g/mol. The quantitative estimate of drug-likeness (QED) is 0.0741. The molecule has 16 heteroatoms. The lowest BCUT2D eigenvalue weighted by Crippen LogP contribution is -2.53. The highest BCUT2D eigenvalue weighted by Crippen LogP contribution is 2.64. The molecule has 0 spiro atoms. The van der Waals surface area contributed by atoms with Gasteiger partial charge >= 0.3 is 0 Å². The van der Waals surface area contributed by atoms with E-state index in [0.717, 1.165) is 17.6 Å². The topological polar surface area (TPSA) is 231 Å². The monoisotopic (exact) mass is 608 g/mol. The van der Waals surface area contributed by atoms with E-state index in [9.17, 15) is 36.3 Å². The highest BCUT2D eigenvalue weighted by atomic mass is 32.2. The summed E-state index contributed by atoms with van der Waals surface area (Å²) >= 11 is 0. The van der Waals surface area contributed by atoms with Gasteiger partial charge in [-0.3, -0.25) is 19.4 Å². The number of aliphatic imine (C=N–C) groups is 1. The molecule has 40 heavy (non-hydrogen) atoms. The third kappa shape index (κ3) is 8.60. The lowest BCUT2D eigenvalue weighted by molar-refractivity contribution is -0.136. The van der Waals surface area contributed by atoms with E-state index in [1.165, 1.54) is 7.05 Å². The van der Waals surface area contributed by atoms with Crippen LogP contribution in [0.5, 0.6) is 0 Å². The molecule has 0 radical (unpaired) electrons. The molecule has 230 valence electrons. The maximum atomic E-state index is 13.3. The van der Waals surface area contributed by atoms with Crippen molar-refractivity contribution in [1.82, 2.24) is 14.9 Å². The molecule has 2 aliphatic rings. The number of nitrogens with one attached hydrogen (secondary N) is 2. The second kappa shape index (κ2) is 13.1. The molecule has 2 aliphatic carbocycles. The molecule has 2 fully saturated rings. The number of nitrogens with two attached hydrogens (primary N) is 2. The molecule has 0 aliphatic heterocycles. The summed E-state index contributed by atoms with van der Waals surface area (Å²) in [5.41, 5.74) is 8.94. The van der Waals surface area contributed by atoms with Crippen molar-refractivity contribution in [2.24, 2.45) is 33.2 Å². The van der Waals surface area contributed by atoms with Crippen LogP contribution >= 0.6 is 0 Å². The van der Waals surface area contributed by atoms with E-state index in [1.807, 2.05) is 13.8 Å². The van der Waals surface area contributed by atoms with Gasteiger partial charge in [-0.05, 0) is 43.4 Å². The van der Waals surface area contributed by atoms with Gasteiger partial charge in [0.05, 0.1) is 30.7 Å². The van der Waals surface area contributed by atoms with E-state index in [-0.39, 0.29) is 30.7 Å². The van der Waals surface area contributed by atoms with Gasteiger partial charge in [0.25, 0.3) is 0 Å². The van der Waals surface area contributed by atoms with Gasteiger partial charge in [-0.2, -0.15) is 0 Å². The van der Waals surface area contributed by atoms with Gasteiger partial charge in [0.15, 0.2) is 5.96 Å². The number of amides is 2. The van der Waals surface area contributed by atoms with Gasteiger partial charge in [-0.1, -0.05) is 13.8 Å². The minimum Gasteiger partial charge on any atom is -0.394 e. The fourth-order valence-corrected chi connectivity index (χ4v) is 8.57. The zero-order chi connectivity index (χ0) is 30.5. The number of hydrogen-bond acceptors (Lipinski definition) is 9. The van der Waals surface area contributed by atoms with Gasteiger partial charge in [0, 0.05) is 31.7 Å². The number of rotatable bonds is 16. The third-order valence-corrected chi connectivity index (χ3v) is 10.8. The Morgan fingerprint density at radius 3 is 2.35 bits per heavy atom. The van der Waals surface area contributed by atoms with Crippen LogP contribution in [0.4, 0.5) is 0 Å². The number of likely N-dealkylation sites (N-methyl/N-ethyl adjacent to an activating group) is 1. The number of sulfone groups is 1. The first-order valence-electron chi connectivity index (χ1n) is 13.2. The fraction of sp³-hybridized carbons (Fsp3) is 0.833. The van der Waals surface area contributed by atoms with Crippen LogP contribution in [0.15, 0.2) is 4.99 Å². The summed E-state index contributed by atoms with van der Waals surface area (Å²) in [5, 5.41) is 12.2. The predicted octanol–water partition coefficient (Wildman–Crippen LogP) is -1.91. The number of hydrogen-bond donors (Lipinski definition) is 5. The predicted molar refractivity (Wildman–Crippen MR) is 150 cm³/mol. The summed E-state index contributed by atoms with van der Waals surface area (Å²) < 4.78 is 52.6. The van der Waals surface area contributed by atoms with Gasteiger partial charge < -0.3 is 26.8 Å². The molecule has 2 bridgehead atoms. The number of sulfonamides is 1.